The molecule has 1 aliphatic heterocycles. The molecule has 1 unspecified atom stereocenters. The molecule has 4 nitrogen and oxygen atoms in total. The molecule has 0 aromatic carbocycles. The molecule has 1 aliphatic rings. The first kappa shape index (κ1) is 12.5. The normalized spacial score (nSPS) is 22.3. The second-order valence-corrected chi connectivity index (χ2v) is 4.56. The van der Waals surface area contributed by atoms with Gasteiger partial charge in [0, 0.05) is 19.1 Å². The maximum Gasteiger partial charge on any atom is 0.234 e. The number of carbonyl (C=O) groups is 1. The van der Waals surface area contributed by atoms with Crippen molar-refractivity contribution in [2.75, 3.05) is 26.2 Å². The van der Waals surface area contributed by atoms with Crippen molar-refractivity contribution >= 4 is 5.91 Å². The number of nitrogens with zero attached hydrogens (tertiary/aromatic N) is 1. The molecule has 0 aliphatic carbocycles. The second kappa shape index (κ2) is 6.08. The third-order valence-electron chi connectivity index (χ3n) is 3.00. The third kappa shape index (κ3) is 3.80. The molecule has 1 fully saturated rings. The molecular weight excluding hydrogens is 190 g/mol. The number of likely N-dealkylation sites (tertiary alicyclic amines) is 1. The average molecular weight is 213 g/mol. The molecule has 15 heavy (non-hydrogen) atoms. The molecule has 88 valence electrons. The topological polar surface area (TPSA) is 58.4 Å². The van der Waals surface area contributed by atoms with E-state index in [1.807, 2.05) is 0 Å². The SMILES string of the molecule is CC(C)C1CCCN1CC(=O)NCCN. The van der Waals surface area contributed by atoms with Crippen LogP contribution in [0.1, 0.15) is 26.7 Å². The zero-order chi connectivity index (χ0) is 11.3. The van der Waals surface area contributed by atoms with E-state index in [1.54, 1.807) is 0 Å². The largest absolute Gasteiger partial charge is 0.354 e. The van der Waals surface area contributed by atoms with E-state index in [4.69, 9.17) is 5.73 Å². The Morgan fingerprint density at radius 2 is 2.33 bits per heavy atom. The van der Waals surface area contributed by atoms with Crippen molar-refractivity contribution in [3.05, 3.63) is 0 Å². The van der Waals surface area contributed by atoms with E-state index in [0.717, 1.165) is 6.54 Å². The molecule has 0 bridgehead atoms. The molecule has 1 rings (SSSR count). The lowest BCUT2D eigenvalue weighted by Crippen LogP contribution is -2.42. The summed E-state index contributed by atoms with van der Waals surface area (Å²) < 4.78 is 0. The van der Waals surface area contributed by atoms with Crippen molar-refractivity contribution < 1.29 is 4.79 Å². The summed E-state index contributed by atoms with van der Waals surface area (Å²) in [6.07, 6.45) is 2.44. The minimum absolute atomic E-state index is 0.105. The quantitative estimate of drug-likeness (QED) is 0.685. The standard InChI is InChI=1S/C11H23N3O/c1-9(2)10-4-3-7-14(10)8-11(15)13-6-5-12/h9-10H,3-8,12H2,1-2H3,(H,13,15). The maximum absolute atomic E-state index is 11.5. The lowest BCUT2D eigenvalue weighted by atomic mass is 10.0. The van der Waals surface area contributed by atoms with E-state index in [9.17, 15) is 4.79 Å². The second-order valence-electron chi connectivity index (χ2n) is 4.56. The van der Waals surface area contributed by atoms with Gasteiger partial charge in [-0.2, -0.15) is 0 Å². The highest BCUT2D eigenvalue weighted by Crippen LogP contribution is 2.22. The Morgan fingerprint density at radius 3 is 2.93 bits per heavy atom. The van der Waals surface area contributed by atoms with E-state index < -0.39 is 0 Å². The Labute approximate surface area is 92.2 Å². The first-order valence-electron chi connectivity index (χ1n) is 5.86. The molecule has 1 heterocycles. The predicted octanol–water partition coefficient (Wildman–Crippen LogP) is 0.182. The van der Waals surface area contributed by atoms with Gasteiger partial charge in [0.25, 0.3) is 0 Å². The Bertz CT molecular complexity index is 206. The Morgan fingerprint density at radius 1 is 1.60 bits per heavy atom. The van der Waals surface area contributed by atoms with Crippen LogP contribution >= 0.6 is 0 Å². The highest BCUT2D eigenvalue weighted by atomic mass is 16.2. The molecular formula is C11H23N3O. The van der Waals surface area contributed by atoms with Crippen LogP contribution in [0.5, 0.6) is 0 Å². The number of carbonyl (C=O) groups excluding carboxylic acids is 1. The van der Waals surface area contributed by atoms with Crippen molar-refractivity contribution in [2.45, 2.75) is 32.7 Å². The molecule has 1 atom stereocenters. The van der Waals surface area contributed by atoms with Crippen molar-refractivity contribution in [1.29, 1.82) is 0 Å². The molecule has 0 aromatic heterocycles. The lowest BCUT2D eigenvalue weighted by molar-refractivity contribution is -0.122. The van der Waals surface area contributed by atoms with E-state index in [2.05, 4.69) is 24.1 Å². The van der Waals surface area contributed by atoms with Crippen molar-refractivity contribution in [3.8, 4) is 0 Å². The summed E-state index contributed by atoms with van der Waals surface area (Å²) in [5.74, 6) is 0.739. The number of amides is 1. The fourth-order valence-corrected chi connectivity index (χ4v) is 2.26. The molecule has 1 saturated heterocycles. The average Bonchev–Trinajstić information content (AvgIpc) is 2.62. The Balaban J connectivity index is 2.33. The van der Waals surface area contributed by atoms with Crippen LogP contribution in [-0.4, -0.2) is 43.0 Å². The fourth-order valence-electron chi connectivity index (χ4n) is 2.26. The van der Waals surface area contributed by atoms with Gasteiger partial charge in [0.15, 0.2) is 0 Å². The predicted molar refractivity (Wildman–Crippen MR) is 61.5 cm³/mol. The molecule has 0 aromatic rings. The Hall–Kier alpha value is -0.610. The van der Waals surface area contributed by atoms with Gasteiger partial charge in [0.1, 0.15) is 0 Å². The van der Waals surface area contributed by atoms with E-state index in [0.29, 0.717) is 31.6 Å². The summed E-state index contributed by atoms with van der Waals surface area (Å²) in [5.41, 5.74) is 5.33. The van der Waals surface area contributed by atoms with Crippen molar-refractivity contribution in [1.82, 2.24) is 10.2 Å². The number of rotatable bonds is 5. The highest BCUT2D eigenvalue weighted by Gasteiger charge is 2.27. The van der Waals surface area contributed by atoms with E-state index in [1.165, 1.54) is 12.8 Å². The first-order valence-corrected chi connectivity index (χ1v) is 5.86. The van der Waals surface area contributed by atoms with Crippen LogP contribution in [0.2, 0.25) is 0 Å². The van der Waals surface area contributed by atoms with Crippen LogP contribution < -0.4 is 11.1 Å². The van der Waals surface area contributed by atoms with Crippen LogP contribution in [-0.2, 0) is 4.79 Å². The number of nitrogens with one attached hydrogen (secondary N) is 1. The van der Waals surface area contributed by atoms with Gasteiger partial charge in [-0.3, -0.25) is 9.69 Å². The van der Waals surface area contributed by atoms with Crippen LogP contribution in [0.15, 0.2) is 0 Å². The van der Waals surface area contributed by atoms with Gasteiger partial charge < -0.3 is 11.1 Å². The van der Waals surface area contributed by atoms with Gasteiger partial charge in [0.2, 0.25) is 5.91 Å². The Kier molecular flexibility index (Phi) is 5.05. The molecule has 0 radical (unpaired) electrons. The summed E-state index contributed by atoms with van der Waals surface area (Å²) >= 11 is 0. The van der Waals surface area contributed by atoms with E-state index >= 15 is 0 Å². The molecule has 0 saturated carbocycles. The van der Waals surface area contributed by atoms with Crippen LogP contribution in [0, 0.1) is 5.92 Å². The minimum Gasteiger partial charge on any atom is -0.354 e. The maximum atomic E-state index is 11.5. The fraction of sp³-hybridized carbons (Fsp3) is 0.909. The monoisotopic (exact) mass is 213 g/mol. The smallest absolute Gasteiger partial charge is 0.234 e. The lowest BCUT2D eigenvalue weighted by Gasteiger charge is -2.26. The molecule has 0 spiro atoms. The molecule has 4 heteroatoms. The minimum atomic E-state index is 0.105. The van der Waals surface area contributed by atoms with Crippen molar-refractivity contribution in [2.24, 2.45) is 11.7 Å². The highest BCUT2D eigenvalue weighted by molar-refractivity contribution is 5.78. The van der Waals surface area contributed by atoms with Gasteiger partial charge in [-0.15, -0.1) is 0 Å². The van der Waals surface area contributed by atoms with Crippen LogP contribution in [0.25, 0.3) is 0 Å². The molecule has 1 amide bonds. The summed E-state index contributed by atoms with van der Waals surface area (Å²) in [6, 6.07) is 0.577. The van der Waals surface area contributed by atoms with E-state index in [-0.39, 0.29) is 5.91 Å². The van der Waals surface area contributed by atoms with Gasteiger partial charge in [-0.05, 0) is 25.3 Å². The van der Waals surface area contributed by atoms with Gasteiger partial charge in [0.05, 0.1) is 6.54 Å². The van der Waals surface area contributed by atoms with Gasteiger partial charge in [-0.1, -0.05) is 13.8 Å². The number of nitrogens with two attached hydrogens (primary N) is 1. The summed E-state index contributed by atoms with van der Waals surface area (Å²) in [7, 11) is 0. The number of hydrogen-bond donors (Lipinski definition) is 2. The van der Waals surface area contributed by atoms with Crippen LogP contribution in [0.3, 0.4) is 0 Å². The van der Waals surface area contributed by atoms with Crippen molar-refractivity contribution in [3.63, 3.8) is 0 Å². The van der Waals surface area contributed by atoms with Gasteiger partial charge >= 0.3 is 0 Å². The van der Waals surface area contributed by atoms with Crippen LogP contribution in [0.4, 0.5) is 0 Å². The summed E-state index contributed by atoms with van der Waals surface area (Å²) in [5, 5.41) is 2.81. The zero-order valence-corrected chi connectivity index (χ0v) is 9.83. The number of hydrogen-bond acceptors (Lipinski definition) is 3. The summed E-state index contributed by atoms with van der Waals surface area (Å²) in [6.45, 7) is 7.13. The van der Waals surface area contributed by atoms with Gasteiger partial charge in [-0.25, -0.2) is 0 Å². The first-order chi connectivity index (χ1) is 7.15. The third-order valence-corrected chi connectivity index (χ3v) is 3.00. The summed E-state index contributed by atoms with van der Waals surface area (Å²) in [4.78, 5) is 13.8. The molecule has 3 N–H and O–H groups in total. The zero-order valence-electron chi connectivity index (χ0n) is 9.83.